The number of amides is 2. The van der Waals surface area contributed by atoms with Crippen molar-refractivity contribution in [1.82, 2.24) is 4.90 Å². The normalized spacial score (nSPS) is 18.2. The lowest BCUT2D eigenvalue weighted by Crippen LogP contribution is -2.39. The Labute approximate surface area is 144 Å². The minimum absolute atomic E-state index is 0.0456. The fraction of sp³-hybridized carbons (Fsp3) is 0.333. The third-order valence-corrected chi connectivity index (χ3v) is 4.41. The lowest BCUT2D eigenvalue weighted by atomic mass is 10.0. The lowest BCUT2D eigenvalue weighted by molar-refractivity contribution is -0.142. The van der Waals surface area contributed by atoms with Gasteiger partial charge in [0.1, 0.15) is 11.6 Å². The summed E-state index contributed by atoms with van der Waals surface area (Å²) in [5.74, 6) is -1.79. The van der Waals surface area contributed by atoms with E-state index in [4.69, 9.17) is 4.42 Å². The van der Waals surface area contributed by atoms with Crippen LogP contribution in [-0.4, -0.2) is 41.0 Å². The molecule has 2 heterocycles. The Bertz CT molecular complexity index is 773. The van der Waals surface area contributed by atoms with E-state index in [-0.39, 0.29) is 11.6 Å². The summed E-state index contributed by atoms with van der Waals surface area (Å²) in [7, 11) is 0. The van der Waals surface area contributed by atoms with E-state index in [0.29, 0.717) is 30.8 Å². The molecule has 2 N–H and O–H groups in total. The summed E-state index contributed by atoms with van der Waals surface area (Å²) in [6.07, 6.45) is 1.59. The second-order valence-electron chi connectivity index (χ2n) is 6.17. The summed E-state index contributed by atoms with van der Waals surface area (Å²) in [5.41, 5.74) is 0.503. The number of likely N-dealkylation sites (tertiary alicyclic amines) is 1. The number of hydrogen-bond donors (Lipinski definition) is 2. The first-order valence-corrected chi connectivity index (χ1v) is 8.07. The van der Waals surface area contributed by atoms with Crippen molar-refractivity contribution in [1.29, 1.82) is 0 Å². The van der Waals surface area contributed by atoms with Crippen LogP contribution in [-0.2, 0) is 9.59 Å². The summed E-state index contributed by atoms with van der Waals surface area (Å²) < 4.78 is 19.2. The molecule has 6 nitrogen and oxygen atoms in total. The zero-order chi connectivity index (χ0) is 18.0. The van der Waals surface area contributed by atoms with Gasteiger partial charge in [-0.1, -0.05) is 0 Å². The molecule has 1 aliphatic heterocycles. The molecule has 7 heteroatoms. The number of hydrogen-bond acceptors (Lipinski definition) is 4. The van der Waals surface area contributed by atoms with Gasteiger partial charge in [-0.2, -0.15) is 0 Å². The average molecular weight is 346 g/mol. The standard InChI is InChI=1S/C18H19FN2O4/c1-11(22)13-6-7-21(10-13)18(24)17(23)20-15-9-12(4-5-14(15)19)16-3-2-8-25-16/h2-5,8-9,11,13,22H,6-7,10H2,1H3,(H,20,23). The van der Waals surface area contributed by atoms with Crippen molar-refractivity contribution in [3.05, 3.63) is 42.4 Å². The van der Waals surface area contributed by atoms with Crippen LogP contribution in [0.1, 0.15) is 13.3 Å². The molecule has 1 fully saturated rings. The number of benzene rings is 1. The predicted octanol–water partition coefficient (Wildman–Crippen LogP) is 2.25. The molecule has 1 aromatic carbocycles. The number of aliphatic hydroxyl groups is 1. The first-order chi connectivity index (χ1) is 12.0. The van der Waals surface area contributed by atoms with Crippen LogP contribution >= 0.6 is 0 Å². The average Bonchev–Trinajstić information content (AvgIpc) is 3.27. The van der Waals surface area contributed by atoms with Crippen LogP contribution in [0.2, 0.25) is 0 Å². The van der Waals surface area contributed by atoms with Gasteiger partial charge in [0.25, 0.3) is 0 Å². The van der Waals surface area contributed by atoms with E-state index in [1.807, 2.05) is 0 Å². The summed E-state index contributed by atoms with van der Waals surface area (Å²) >= 11 is 0. The topological polar surface area (TPSA) is 82.8 Å². The van der Waals surface area contributed by atoms with E-state index in [9.17, 15) is 19.1 Å². The first-order valence-electron chi connectivity index (χ1n) is 8.07. The molecule has 2 unspecified atom stereocenters. The number of furan rings is 1. The highest BCUT2D eigenvalue weighted by Gasteiger charge is 2.32. The molecule has 1 aromatic heterocycles. The van der Waals surface area contributed by atoms with Crippen molar-refractivity contribution in [3.63, 3.8) is 0 Å². The van der Waals surface area contributed by atoms with Crippen molar-refractivity contribution in [2.75, 3.05) is 18.4 Å². The Hall–Kier alpha value is -2.67. The van der Waals surface area contributed by atoms with Gasteiger partial charge in [0.05, 0.1) is 18.1 Å². The highest BCUT2D eigenvalue weighted by Crippen LogP contribution is 2.26. The zero-order valence-corrected chi connectivity index (χ0v) is 13.7. The lowest BCUT2D eigenvalue weighted by Gasteiger charge is -2.17. The second-order valence-corrected chi connectivity index (χ2v) is 6.17. The highest BCUT2D eigenvalue weighted by molar-refractivity contribution is 6.39. The molecule has 1 aliphatic rings. The third kappa shape index (κ3) is 3.71. The van der Waals surface area contributed by atoms with Gasteiger partial charge in [-0.05, 0) is 43.7 Å². The SMILES string of the molecule is CC(O)C1CCN(C(=O)C(=O)Nc2cc(-c3ccco3)ccc2F)C1. The number of anilines is 1. The van der Waals surface area contributed by atoms with Crippen LogP contribution in [0.5, 0.6) is 0 Å². The molecule has 25 heavy (non-hydrogen) atoms. The molecule has 0 aliphatic carbocycles. The van der Waals surface area contributed by atoms with Gasteiger partial charge in [0, 0.05) is 24.6 Å². The van der Waals surface area contributed by atoms with E-state index < -0.39 is 23.7 Å². The van der Waals surface area contributed by atoms with Gasteiger partial charge in [-0.3, -0.25) is 9.59 Å². The second kappa shape index (κ2) is 7.06. The first kappa shape index (κ1) is 17.2. The van der Waals surface area contributed by atoms with Gasteiger partial charge < -0.3 is 19.7 Å². The number of aliphatic hydroxyl groups excluding tert-OH is 1. The van der Waals surface area contributed by atoms with Crippen LogP contribution < -0.4 is 5.32 Å². The van der Waals surface area contributed by atoms with Crippen molar-refractivity contribution in [2.45, 2.75) is 19.4 Å². The van der Waals surface area contributed by atoms with E-state index in [0.717, 1.165) is 0 Å². The molecule has 132 valence electrons. The molecular weight excluding hydrogens is 327 g/mol. The van der Waals surface area contributed by atoms with Crippen molar-refractivity contribution < 1.29 is 23.5 Å². The van der Waals surface area contributed by atoms with E-state index in [1.165, 1.54) is 29.4 Å². The number of nitrogens with one attached hydrogen (secondary N) is 1. The maximum atomic E-state index is 14.0. The maximum Gasteiger partial charge on any atom is 0.313 e. The third-order valence-electron chi connectivity index (χ3n) is 4.41. The summed E-state index contributed by atoms with van der Waals surface area (Å²) in [5, 5.41) is 11.9. The molecule has 3 rings (SSSR count). The predicted molar refractivity (Wildman–Crippen MR) is 89.1 cm³/mol. The van der Waals surface area contributed by atoms with Crippen LogP contribution in [0.15, 0.2) is 41.0 Å². The van der Waals surface area contributed by atoms with Gasteiger partial charge in [0.2, 0.25) is 0 Å². The van der Waals surface area contributed by atoms with Crippen molar-refractivity contribution >= 4 is 17.5 Å². The van der Waals surface area contributed by atoms with Crippen LogP contribution in [0.25, 0.3) is 11.3 Å². The number of carbonyl (C=O) groups is 2. The summed E-state index contributed by atoms with van der Waals surface area (Å²) in [4.78, 5) is 25.8. The molecule has 0 radical (unpaired) electrons. The summed E-state index contributed by atoms with van der Waals surface area (Å²) in [6, 6.07) is 7.56. The van der Waals surface area contributed by atoms with Gasteiger partial charge in [-0.25, -0.2) is 4.39 Å². The van der Waals surface area contributed by atoms with Gasteiger partial charge in [0.15, 0.2) is 0 Å². The molecule has 1 saturated heterocycles. The zero-order valence-electron chi connectivity index (χ0n) is 13.7. The fourth-order valence-corrected chi connectivity index (χ4v) is 2.90. The van der Waals surface area contributed by atoms with Crippen LogP contribution in [0, 0.1) is 11.7 Å². The van der Waals surface area contributed by atoms with E-state index in [1.54, 1.807) is 19.1 Å². The minimum Gasteiger partial charge on any atom is -0.464 e. The smallest absolute Gasteiger partial charge is 0.313 e. The van der Waals surface area contributed by atoms with E-state index in [2.05, 4.69) is 5.32 Å². The molecule has 2 amide bonds. The molecule has 0 bridgehead atoms. The Morgan fingerprint density at radius 1 is 1.40 bits per heavy atom. The Kier molecular flexibility index (Phi) is 4.85. The highest BCUT2D eigenvalue weighted by atomic mass is 19.1. The quantitative estimate of drug-likeness (QED) is 0.835. The van der Waals surface area contributed by atoms with Crippen LogP contribution in [0.3, 0.4) is 0 Å². The number of halogens is 1. The molecule has 2 aromatic rings. The Balaban J connectivity index is 1.70. The molecular formula is C18H19FN2O4. The largest absolute Gasteiger partial charge is 0.464 e. The molecule has 2 atom stereocenters. The number of carbonyl (C=O) groups excluding carboxylic acids is 2. The fourth-order valence-electron chi connectivity index (χ4n) is 2.90. The summed E-state index contributed by atoms with van der Waals surface area (Å²) in [6.45, 7) is 2.38. The number of nitrogens with zero attached hydrogens (tertiary/aromatic N) is 1. The molecule has 0 spiro atoms. The van der Waals surface area contributed by atoms with Gasteiger partial charge >= 0.3 is 11.8 Å². The maximum absolute atomic E-state index is 14.0. The molecule has 0 saturated carbocycles. The van der Waals surface area contributed by atoms with Gasteiger partial charge in [-0.15, -0.1) is 0 Å². The van der Waals surface area contributed by atoms with E-state index >= 15 is 0 Å². The Morgan fingerprint density at radius 2 is 2.20 bits per heavy atom. The minimum atomic E-state index is -0.901. The number of rotatable bonds is 3. The Morgan fingerprint density at radius 3 is 2.84 bits per heavy atom. The monoisotopic (exact) mass is 346 g/mol. The van der Waals surface area contributed by atoms with Crippen molar-refractivity contribution in [3.8, 4) is 11.3 Å². The van der Waals surface area contributed by atoms with Crippen LogP contribution in [0.4, 0.5) is 10.1 Å². The van der Waals surface area contributed by atoms with Crippen molar-refractivity contribution in [2.24, 2.45) is 5.92 Å².